The van der Waals surface area contributed by atoms with Crippen LogP contribution in [0.15, 0.2) is 0 Å². The van der Waals surface area contributed by atoms with E-state index >= 15 is 0 Å². The minimum Gasteiger partial charge on any atom is -0.307 e. The van der Waals surface area contributed by atoms with Gasteiger partial charge in [0.15, 0.2) is 4.32 Å². The van der Waals surface area contributed by atoms with Crippen LogP contribution in [0, 0.1) is 5.41 Å². The van der Waals surface area contributed by atoms with Gasteiger partial charge in [0.1, 0.15) is 4.38 Å². The summed E-state index contributed by atoms with van der Waals surface area (Å²) in [6.07, 6.45) is 0. The molecule has 1 aliphatic rings. The minimum absolute atomic E-state index is 0.236. The van der Waals surface area contributed by atoms with Crippen molar-refractivity contribution in [3.05, 3.63) is 0 Å². The molecule has 1 rings (SSSR count). The van der Waals surface area contributed by atoms with E-state index in [9.17, 15) is 4.57 Å². The summed E-state index contributed by atoms with van der Waals surface area (Å²) in [5, 5.41) is 7.20. The summed E-state index contributed by atoms with van der Waals surface area (Å²) in [7, 11) is -2.98. The van der Waals surface area contributed by atoms with Crippen LogP contribution >= 0.6 is 31.1 Å². The van der Waals surface area contributed by atoms with Gasteiger partial charge in [-0.05, 0) is 13.8 Å². The normalized spacial score (nSPS) is 22.9. The fourth-order valence-corrected chi connectivity index (χ4v) is 5.95. The lowest BCUT2D eigenvalue weighted by Gasteiger charge is -2.30. The number of rotatable bonds is 5. The molecule has 0 unspecified atom stereocenters. The van der Waals surface area contributed by atoms with Crippen molar-refractivity contribution in [2.75, 3.05) is 13.2 Å². The summed E-state index contributed by atoms with van der Waals surface area (Å²) in [5.41, 5.74) is 0. The van der Waals surface area contributed by atoms with Crippen LogP contribution in [0.25, 0.3) is 0 Å². The van der Waals surface area contributed by atoms with Crippen molar-refractivity contribution in [2.24, 2.45) is 0 Å². The van der Waals surface area contributed by atoms with Crippen molar-refractivity contribution < 1.29 is 13.6 Å². The SMILES string of the molecule is CCOP(=O)(OCC)C1SC(=N)S1. The van der Waals surface area contributed by atoms with E-state index in [1.807, 2.05) is 0 Å². The Morgan fingerprint density at radius 3 is 2.15 bits per heavy atom. The molecular formula is C6H12NO3PS2. The van der Waals surface area contributed by atoms with E-state index in [1.165, 1.54) is 23.5 Å². The summed E-state index contributed by atoms with van der Waals surface area (Å²) < 4.78 is 22.4. The van der Waals surface area contributed by atoms with E-state index in [4.69, 9.17) is 14.5 Å². The monoisotopic (exact) mass is 241 g/mol. The largest absolute Gasteiger partial charge is 0.354 e. The standard InChI is InChI=1S/C6H12NO3PS2/c1-3-9-11(8,10-4-2)6-12-5(7)13-6/h6-7H,3-4H2,1-2H3. The van der Waals surface area contributed by atoms with E-state index in [2.05, 4.69) is 0 Å². The zero-order valence-corrected chi connectivity index (χ0v) is 10.0. The minimum atomic E-state index is -2.98. The van der Waals surface area contributed by atoms with Gasteiger partial charge < -0.3 is 9.05 Å². The third-order valence-corrected chi connectivity index (χ3v) is 7.21. The molecule has 0 radical (unpaired) electrons. The van der Waals surface area contributed by atoms with Crippen LogP contribution in [-0.2, 0) is 13.6 Å². The summed E-state index contributed by atoms with van der Waals surface area (Å²) in [4.78, 5) is 0. The van der Waals surface area contributed by atoms with E-state index in [-0.39, 0.29) is 4.32 Å². The number of hydrogen-bond acceptors (Lipinski definition) is 6. The maximum atomic E-state index is 12.0. The summed E-state index contributed by atoms with van der Waals surface area (Å²) in [5.74, 6) is 0. The van der Waals surface area contributed by atoms with Crippen LogP contribution in [0.3, 0.4) is 0 Å². The molecular weight excluding hydrogens is 229 g/mol. The van der Waals surface area contributed by atoms with Gasteiger partial charge in [0.25, 0.3) is 0 Å². The molecule has 7 heteroatoms. The Labute approximate surface area is 86.2 Å². The highest BCUT2D eigenvalue weighted by Gasteiger charge is 2.44. The molecule has 1 N–H and O–H groups in total. The Bertz CT molecular complexity index is 230. The average molecular weight is 241 g/mol. The Balaban J connectivity index is 2.56. The van der Waals surface area contributed by atoms with E-state index in [0.29, 0.717) is 17.6 Å². The second-order valence-electron chi connectivity index (χ2n) is 2.21. The van der Waals surface area contributed by atoms with Gasteiger partial charge in [-0.15, -0.1) is 0 Å². The molecule has 1 aliphatic heterocycles. The van der Waals surface area contributed by atoms with E-state index < -0.39 is 7.60 Å². The van der Waals surface area contributed by atoms with Crippen molar-refractivity contribution in [1.82, 2.24) is 0 Å². The quantitative estimate of drug-likeness (QED) is 0.750. The first-order valence-electron chi connectivity index (χ1n) is 3.93. The van der Waals surface area contributed by atoms with Crippen molar-refractivity contribution in [3.8, 4) is 0 Å². The molecule has 0 aromatic heterocycles. The smallest absolute Gasteiger partial charge is 0.307 e. The van der Waals surface area contributed by atoms with Crippen molar-refractivity contribution in [3.63, 3.8) is 0 Å². The lowest BCUT2D eigenvalue weighted by Crippen LogP contribution is -2.16. The molecule has 0 bridgehead atoms. The van der Waals surface area contributed by atoms with Crippen LogP contribution in [0.2, 0.25) is 0 Å². The van der Waals surface area contributed by atoms with Gasteiger partial charge in [0, 0.05) is 0 Å². The Kier molecular flexibility index (Phi) is 4.32. The molecule has 0 atom stereocenters. The lowest BCUT2D eigenvalue weighted by molar-refractivity contribution is 0.222. The maximum absolute atomic E-state index is 12.0. The van der Waals surface area contributed by atoms with Gasteiger partial charge >= 0.3 is 7.60 Å². The number of nitrogens with one attached hydrogen (secondary N) is 1. The van der Waals surface area contributed by atoms with Gasteiger partial charge in [0.2, 0.25) is 0 Å². The fourth-order valence-electron chi connectivity index (χ4n) is 0.840. The predicted molar refractivity (Wildman–Crippen MR) is 57.6 cm³/mol. The molecule has 0 aromatic rings. The highest BCUT2D eigenvalue weighted by Crippen LogP contribution is 2.67. The highest BCUT2D eigenvalue weighted by atomic mass is 32.3. The third kappa shape index (κ3) is 2.73. The topological polar surface area (TPSA) is 59.4 Å². The van der Waals surface area contributed by atoms with Gasteiger partial charge in [0.05, 0.1) is 13.2 Å². The maximum Gasteiger partial charge on any atom is 0.354 e. The van der Waals surface area contributed by atoms with Crippen molar-refractivity contribution in [1.29, 1.82) is 5.41 Å². The van der Waals surface area contributed by atoms with Crippen LogP contribution in [0.5, 0.6) is 0 Å². The van der Waals surface area contributed by atoms with Crippen LogP contribution in [0.1, 0.15) is 13.8 Å². The Hall–Kier alpha value is 0.520. The number of hydrogen-bond donors (Lipinski definition) is 1. The van der Waals surface area contributed by atoms with Crippen molar-refractivity contribution >= 4 is 35.5 Å². The molecule has 4 nitrogen and oxygen atoms in total. The second kappa shape index (κ2) is 4.84. The second-order valence-corrected chi connectivity index (χ2v) is 7.80. The van der Waals surface area contributed by atoms with Gasteiger partial charge in [-0.25, -0.2) is 0 Å². The van der Waals surface area contributed by atoms with Crippen LogP contribution in [-0.4, -0.2) is 21.9 Å². The summed E-state index contributed by atoms with van der Waals surface area (Å²) >= 11 is 2.50. The number of thioether (sulfide) groups is 2. The molecule has 0 aliphatic carbocycles. The van der Waals surface area contributed by atoms with Gasteiger partial charge in [-0.1, -0.05) is 23.5 Å². The van der Waals surface area contributed by atoms with Crippen LogP contribution < -0.4 is 0 Å². The van der Waals surface area contributed by atoms with Gasteiger partial charge in [-0.2, -0.15) is 0 Å². The summed E-state index contributed by atoms with van der Waals surface area (Å²) in [6, 6.07) is 0. The van der Waals surface area contributed by atoms with E-state index in [1.54, 1.807) is 13.8 Å². The molecule has 1 fully saturated rings. The first-order chi connectivity index (χ1) is 6.12. The third-order valence-electron chi connectivity index (χ3n) is 1.29. The van der Waals surface area contributed by atoms with Crippen molar-refractivity contribution in [2.45, 2.75) is 18.2 Å². The predicted octanol–water partition coefficient (Wildman–Crippen LogP) is 2.95. The lowest BCUT2D eigenvalue weighted by atomic mass is 10.9. The first kappa shape index (κ1) is 11.6. The highest BCUT2D eigenvalue weighted by molar-refractivity contribution is 8.56. The molecule has 76 valence electrons. The average Bonchev–Trinajstić information content (AvgIpc) is 2.00. The zero-order chi connectivity index (χ0) is 9.90. The molecule has 1 heterocycles. The van der Waals surface area contributed by atoms with Gasteiger partial charge in [-0.3, -0.25) is 9.97 Å². The molecule has 0 saturated carbocycles. The Morgan fingerprint density at radius 1 is 1.38 bits per heavy atom. The Morgan fingerprint density at radius 2 is 1.85 bits per heavy atom. The zero-order valence-electron chi connectivity index (χ0n) is 7.48. The molecule has 13 heavy (non-hydrogen) atoms. The van der Waals surface area contributed by atoms with E-state index in [0.717, 1.165) is 0 Å². The fraction of sp³-hybridized carbons (Fsp3) is 0.833. The molecule has 1 saturated heterocycles. The molecule has 0 amide bonds. The molecule has 0 spiro atoms. The molecule has 0 aromatic carbocycles. The first-order valence-corrected chi connectivity index (χ1v) is 7.30. The van der Waals surface area contributed by atoms with Crippen LogP contribution in [0.4, 0.5) is 0 Å². The summed E-state index contributed by atoms with van der Waals surface area (Å²) in [6.45, 7) is 4.32.